The van der Waals surface area contributed by atoms with Crippen molar-refractivity contribution in [3.63, 3.8) is 0 Å². The Kier molecular flexibility index (Phi) is 4.45. The molecule has 0 spiro atoms. The Morgan fingerprint density at radius 1 is 1.37 bits per heavy atom. The number of nitrogens with zero attached hydrogens (tertiary/aromatic N) is 1. The third-order valence-corrected chi connectivity index (χ3v) is 2.72. The fraction of sp³-hybridized carbons (Fsp3) is 0.846. The molecular weight excluding hydrogens is 248 g/mol. The van der Waals surface area contributed by atoms with E-state index in [1.165, 1.54) is 4.90 Å². The number of rotatable bonds is 4. The Morgan fingerprint density at radius 2 is 1.89 bits per heavy atom. The molecule has 2 N–H and O–H groups in total. The van der Waals surface area contributed by atoms with E-state index in [1.54, 1.807) is 0 Å². The largest absolute Gasteiger partial charge is 0.481 e. The molecule has 0 aromatic heterocycles. The number of nitrogens with one attached hydrogen (secondary N) is 1. The van der Waals surface area contributed by atoms with Crippen molar-refractivity contribution in [3.8, 4) is 0 Å². The zero-order valence-corrected chi connectivity index (χ0v) is 12.3. The number of hydrogen-bond donors (Lipinski definition) is 2. The molecule has 0 unspecified atom stereocenters. The van der Waals surface area contributed by atoms with Crippen LogP contribution in [0.1, 0.15) is 41.0 Å². The Morgan fingerprint density at radius 3 is 2.26 bits per heavy atom. The van der Waals surface area contributed by atoms with Crippen LogP contribution in [0.15, 0.2) is 0 Å². The molecule has 1 amide bonds. The zero-order chi connectivity index (χ0) is 14.8. The fourth-order valence-electron chi connectivity index (χ4n) is 2.30. The predicted molar refractivity (Wildman–Crippen MR) is 71.1 cm³/mol. The Bertz CT molecular complexity index is 354. The predicted octanol–water partition coefficient (Wildman–Crippen LogP) is 1.45. The molecule has 6 nitrogen and oxygen atoms in total. The number of aliphatic carboxylic acids is 1. The number of likely N-dealkylation sites (tertiary alicyclic amines) is 1. The van der Waals surface area contributed by atoms with Crippen molar-refractivity contribution in [1.82, 2.24) is 10.2 Å². The molecule has 0 radical (unpaired) electrons. The van der Waals surface area contributed by atoms with Crippen LogP contribution in [0.2, 0.25) is 0 Å². The van der Waals surface area contributed by atoms with Gasteiger partial charge in [-0.25, -0.2) is 4.79 Å². The number of hydrogen-bond acceptors (Lipinski definition) is 4. The lowest BCUT2D eigenvalue weighted by Crippen LogP contribution is -2.72. The van der Waals surface area contributed by atoms with Crippen molar-refractivity contribution in [2.75, 3.05) is 13.1 Å². The lowest BCUT2D eigenvalue weighted by atomic mass is 9.86. The van der Waals surface area contributed by atoms with Crippen molar-refractivity contribution in [1.29, 1.82) is 0 Å². The second-order valence-electron chi connectivity index (χ2n) is 6.49. The number of carboxylic acid groups (broad SMARTS) is 1. The van der Waals surface area contributed by atoms with Gasteiger partial charge in [0.15, 0.2) is 0 Å². The molecule has 0 aliphatic carbocycles. The van der Waals surface area contributed by atoms with Gasteiger partial charge in [-0.1, -0.05) is 13.8 Å². The summed E-state index contributed by atoms with van der Waals surface area (Å²) < 4.78 is 5.26. The van der Waals surface area contributed by atoms with Gasteiger partial charge in [-0.05, 0) is 20.8 Å². The van der Waals surface area contributed by atoms with Crippen molar-refractivity contribution in [2.45, 2.75) is 58.2 Å². The first-order chi connectivity index (χ1) is 8.53. The molecule has 1 aliphatic heterocycles. The van der Waals surface area contributed by atoms with Gasteiger partial charge >= 0.3 is 12.1 Å². The molecule has 110 valence electrons. The maximum absolute atomic E-state index is 11.8. The summed E-state index contributed by atoms with van der Waals surface area (Å²) in [5, 5.41) is 12.2. The van der Waals surface area contributed by atoms with E-state index >= 15 is 0 Å². The van der Waals surface area contributed by atoms with Crippen LogP contribution in [0.25, 0.3) is 0 Å². The molecular formula is C13H24N2O4. The summed E-state index contributed by atoms with van der Waals surface area (Å²) in [7, 11) is 0. The monoisotopic (exact) mass is 272 g/mol. The van der Waals surface area contributed by atoms with Crippen LogP contribution in [-0.4, -0.2) is 52.3 Å². The van der Waals surface area contributed by atoms with Crippen LogP contribution in [0.3, 0.4) is 0 Å². The standard InChI is InChI=1S/C13H24N2O4/c1-9(2)14-13(6-10(16)17)7-15(8-13)11(18)19-12(3,4)5/h9,14H,6-8H2,1-5H3,(H,16,17). The first-order valence-electron chi connectivity index (χ1n) is 6.50. The second kappa shape index (κ2) is 5.36. The highest BCUT2D eigenvalue weighted by Crippen LogP contribution is 2.27. The molecule has 0 saturated carbocycles. The lowest BCUT2D eigenvalue weighted by Gasteiger charge is -2.50. The number of carbonyl (C=O) groups is 2. The molecule has 1 heterocycles. The smallest absolute Gasteiger partial charge is 0.410 e. The number of carboxylic acids is 1. The SMILES string of the molecule is CC(C)NC1(CC(=O)O)CN(C(=O)OC(C)(C)C)C1. The molecule has 0 bridgehead atoms. The number of carbonyl (C=O) groups excluding carboxylic acids is 1. The van der Waals surface area contributed by atoms with Crippen LogP contribution in [0.5, 0.6) is 0 Å². The Hall–Kier alpha value is -1.30. The maximum atomic E-state index is 11.8. The minimum Gasteiger partial charge on any atom is -0.481 e. The molecule has 1 fully saturated rings. The highest BCUT2D eigenvalue weighted by atomic mass is 16.6. The van der Waals surface area contributed by atoms with Crippen LogP contribution < -0.4 is 5.32 Å². The number of ether oxygens (including phenoxy) is 1. The van der Waals surface area contributed by atoms with Crippen LogP contribution in [-0.2, 0) is 9.53 Å². The van der Waals surface area contributed by atoms with Crippen molar-refractivity contribution in [3.05, 3.63) is 0 Å². The van der Waals surface area contributed by atoms with Crippen LogP contribution in [0, 0.1) is 0 Å². The Balaban J connectivity index is 2.59. The zero-order valence-electron chi connectivity index (χ0n) is 12.3. The highest BCUT2D eigenvalue weighted by molar-refractivity contribution is 5.73. The summed E-state index contributed by atoms with van der Waals surface area (Å²) in [6.45, 7) is 10.1. The van der Waals surface area contributed by atoms with Gasteiger partial charge in [0.25, 0.3) is 0 Å². The van der Waals surface area contributed by atoms with Crippen molar-refractivity contribution in [2.24, 2.45) is 0 Å². The first-order valence-corrected chi connectivity index (χ1v) is 6.50. The van der Waals surface area contributed by atoms with E-state index in [4.69, 9.17) is 9.84 Å². The van der Waals surface area contributed by atoms with Gasteiger partial charge in [0, 0.05) is 19.1 Å². The van der Waals surface area contributed by atoms with E-state index in [0.29, 0.717) is 13.1 Å². The van der Waals surface area contributed by atoms with E-state index in [-0.39, 0.29) is 18.6 Å². The van der Waals surface area contributed by atoms with Gasteiger partial charge in [-0.15, -0.1) is 0 Å². The number of amides is 1. The molecule has 0 aromatic carbocycles. The normalized spacial score (nSPS) is 18.1. The van der Waals surface area contributed by atoms with E-state index in [0.717, 1.165) is 0 Å². The molecule has 1 aliphatic rings. The summed E-state index contributed by atoms with van der Waals surface area (Å²) in [6.07, 6.45) is -0.385. The lowest BCUT2D eigenvalue weighted by molar-refractivity contribution is -0.141. The van der Waals surface area contributed by atoms with Gasteiger partial charge in [0.1, 0.15) is 5.60 Å². The molecule has 0 atom stereocenters. The van der Waals surface area contributed by atoms with E-state index in [2.05, 4.69) is 5.32 Å². The summed E-state index contributed by atoms with van der Waals surface area (Å²) in [4.78, 5) is 24.3. The van der Waals surface area contributed by atoms with Crippen molar-refractivity contribution < 1.29 is 19.4 Å². The topological polar surface area (TPSA) is 78.9 Å². The van der Waals surface area contributed by atoms with E-state index in [1.807, 2.05) is 34.6 Å². The summed E-state index contributed by atoms with van der Waals surface area (Å²) in [5.41, 5.74) is -1.06. The first kappa shape index (κ1) is 15.8. The van der Waals surface area contributed by atoms with Crippen molar-refractivity contribution >= 4 is 12.1 Å². The molecule has 1 saturated heterocycles. The molecule has 0 aromatic rings. The summed E-state index contributed by atoms with van der Waals surface area (Å²) >= 11 is 0. The molecule has 6 heteroatoms. The maximum Gasteiger partial charge on any atom is 0.410 e. The van der Waals surface area contributed by atoms with E-state index in [9.17, 15) is 9.59 Å². The summed E-state index contributed by atoms with van der Waals surface area (Å²) in [5.74, 6) is -0.864. The van der Waals surface area contributed by atoms with Gasteiger partial charge < -0.3 is 20.1 Å². The van der Waals surface area contributed by atoms with Gasteiger partial charge in [-0.3, -0.25) is 4.79 Å². The van der Waals surface area contributed by atoms with E-state index < -0.39 is 17.1 Å². The van der Waals surface area contributed by atoms with Crippen LogP contribution >= 0.6 is 0 Å². The quantitative estimate of drug-likeness (QED) is 0.809. The van der Waals surface area contributed by atoms with Crippen LogP contribution in [0.4, 0.5) is 4.79 Å². The second-order valence-corrected chi connectivity index (χ2v) is 6.49. The highest BCUT2D eigenvalue weighted by Gasteiger charge is 2.48. The van der Waals surface area contributed by atoms with Gasteiger partial charge in [0.2, 0.25) is 0 Å². The average molecular weight is 272 g/mol. The average Bonchev–Trinajstić information content (AvgIpc) is 2.07. The minimum absolute atomic E-state index is 0.00444. The van der Waals surface area contributed by atoms with Gasteiger partial charge in [-0.2, -0.15) is 0 Å². The molecule has 1 rings (SSSR count). The third kappa shape index (κ3) is 4.70. The molecule has 19 heavy (non-hydrogen) atoms. The van der Waals surface area contributed by atoms with Gasteiger partial charge in [0.05, 0.1) is 12.0 Å². The third-order valence-electron chi connectivity index (χ3n) is 2.72. The Labute approximate surface area is 114 Å². The minimum atomic E-state index is -0.864. The summed E-state index contributed by atoms with van der Waals surface area (Å²) in [6, 6.07) is 0.167. The fourth-order valence-corrected chi connectivity index (χ4v) is 2.30.